The van der Waals surface area contributed by atoms with Gasteiger partial charge >= 0.3 is 0 Å². The maximum absolute atomic E-state index is 13.5. The Hall–Kier alpha value is -0.650. The molecule has 2 aliphatic carbocycles. The fourth-order valence-electron chi connectivity index (χ4n) is 3.42. The zero-order valence-corrected chi connectivity index (χ0v) is 12.8. The van der Waals surface area contributed by atoms with Gasteiger partial charge in [0.1, 0.15) is 4.75 Å². The Morgan fingerprint density at radius 3 is 2.55 bits per heavy atom. The van der Waals surface area contributed by atoms with Crippen molar-refractivity contribution in [2.75, 3.05) is 0 Å². The minimum atomic E-state index is -2.50. The van der Waals surface area contributed by atoms with E-state index in [0.717, 1.165) is 0 Å². The van der Waals surface area contributed by atoms with Crippen LogP contribution in [0.2, 0.25) is 0 Å². The Morgan fingerprint density at radius 1 is 1.40 bits per heavy atom. The maximum atomic E-state index is 13.5. The van der Waals surface area contributed by atoms with Crippen molar-refractivity contribution in [3.05, 3.63) is 0 Å². The van der Waals surface area contributed by atoms with Crippen LogP contribution in [0.4, 0.5) is 8.78 Å². The number of rotatable bonds is 2. The van der Waals surface area contributed by atoms with E-state index in [9.17, 15) is 13.6 Å². The number of nitrogens with one attached hydrogen (secondary N) is 1. The molecule has 3 nitrogen and oxygen atoms in total. The summed E-state index contributed by atoms with van der Waals surface area (Å²) in [4.78, 5) is 16.6. The number of carbonyl (C=O) groups is 1. The lowest BCUT2D eigenvalue weighted by Crippen LogP contribution is -2.38. The first kappa shape index (κ1) is 14.3. The van der Waals surface area contributed by atoms with Gasteiger partial charge in [0, 0.05) is 12.3 Å². The van der Waals surface area contributed by atoms with Crippen molar-refractivity contribution < 1.29 is 13.6 Å². The quantitative estimate of drug-likeness (QED) is 0.852. The van der Waals surface area contributed by atoms with E-state index in [1.165, 1.54) is 11.8 Å². The van der Waals surface area contributed by atoms with E-state index in [0.29, 0.717) is 18.0 Å². The molecule has 0 radical (unpaired) electrons. The summed E-state index contributed by atoms with van der Waals surface area (Å²) in [5.41, 5.74) is 0. The van der Waals surface area contributed by atoms with Crippen molar-refractivity contribution in [1.29, 1.82) is 0 Å². The fourth-order valence-corrected chi connectivity index (χ4v) is 4.54. The van der Waals surface area contributed by atoms with Crippen LogP contribution in [0.1, 0.15) is 40.0 Å². The Balaban J connectivity index is 1.72. The first-order valence-corrected chi connectivity index (χ1v) is 8.00. The third kappa shape index (κ3) is 2.07. The predicted octanol–water partition coefficient (Wildman–Crippen LogP) is 3.05. The molecule has 1 amide bonds. The van der Waals surface area contributed by atoms with Crippen LogP contribution in [0.15, 0.2) is 4.99 Å². The first-order valence-electron chi connectivity index (χ1n) is 7.18. The van der Waals surface area contributed by atoms with Gasteiger partial charge < -0.3 is 5.32 Å². The molecule has 1 aliphatic heterocycles. The highest BCUT2D eigenvalue weighted by Gasteiger charge is 2.57. The van der Waals surface area contributed by atoms with Gasteiger partial charge in [-0.25, -0.2) is 8.78 Å². The molecule has 20 heavy (non-hydrogen) atoms. The standard InChI is InChI=1S/C14H20F2N2OS/c1-7(2)13(3)11(19)18-12(20-13)17-10-5-9-4-8(10)6-14(9,15)16/h7-10H,4-6H2,1-3H3,(H,17,18,19)/t8-,9-,10+,13?/m0/s1. The molecule has 6 heteroatoms. The summed E-state index contributed by atoms with van der Waals surface area (Å²) in [6.45, 7) is 5.93. The number of hydrogen-bond acceptors (Lipinski definition) is 3. The summed E-state index contributed by atoms with van der Waals surface area (Å²) in [5.74, 6) is -2.86. The average Bonchev–Trinajstić information content (AvgIpc) is 2.91. The molecule has 0 aromatic carbocycles. The van der Waals surface area contributed by atoms with E-state index in [-0.39, 0.29) is 30.2 Å². The Labute approximate surface area is 122 Å². The normalized spacial score (nSPS) is 44.6. The second-order valence-electron chi connectivity index (χ2n) is 6.71. The summed E-state index contributed by atoms with van der Waals surface area (Å²) in [5, 5.41) is 3.44. The minimum Gasteiger partial charge on any atom is -0.304 e. The Morgan fingerprint density at radius 2 is 2.10 bits per heavy atom. The summed E-state index contributed by atoms with van der Waals surface area (Å²) in [6.07, 6.45) is 0.990. The van der Waals surface area contributed by atoms with Crippen molar-refractivity contribution in [3.63, 3.8) is 0 Å². The second-order valence-corrected chi connectivity index (χ2v) is 8.15. The van der Waals surface area contributed by atoms with E-state index in [1.807, 2.05) is 20.8 Å². The van der Waals surface area contributed by atoms with Gasteiger partial charge in [-0.3, -0.25) is 9.79 Å². The lowest BCUT2D eigenvalue weighted by Gasteiger charge is -2.25. The number of carbonyl (C=O) groups excluding carboxylic acids is 1. The third-order valence-corrected chi connectivity index (χ3v) is 6.64. The summed E-state index contributed by atoms with van der Waals surface area (Å²) < 4.78 is 26.5. The minimum absolute atomic E-state index is 0.0223. The van der Waals surface area contributed by atoms with Crippen LogP contribution in [0.25, 0.3) is 0 Å². The van der Waals surface area contributed by atoms with Gasteiger partial charge in [0.05, 0.1) is 6.04 Å². The molecular weight excluding hydrogens is 282 g/mol. The van der Waals surface area contributed by atoms with E-state index < -0.39 is 16.6 Å². The molecule has 0 aromatic heterocycles. The average molecular weight is 302 g/mol. The van der Waals surface area contributed by atoms with Crippen LogP contribution in [-0.2, 0) is 4.79 Å². The van der Waals surface area contributed by atoms with Crippen LogP contribution < -0.4 is 5.32 Å². The van der Waals surface area contributed by atoms with Crippen molar-refractivity contribution in [1.82, 2.24) is 5.32 Å². The van der Waals surface area contributed by atoms with E-state index in [4.69, 9.17) is 0 Å². The smallest absolute Gasteiger partial charge is 0.251 e. The topological polar surface area (TPSA) is 41.5 Å². The Kier molecular flexibility index (Phi) is 3.16. The zero-order valence-electron chi connectivity index (χ0n) is 12.0. The molecule has 0 aromatic rings. The summed E-state index contributed by atoms with van der Waals surface area (Å²) in [7, 11) is 0. The van der Waals surface area contributed by atoms with E-state index in [1.54, 1.807) is 0 Å². The molecule has 1 saturated heterocycles. The van der Waals surface area contributed by atoms with Gasteiger partial charge in [-0.1, -0.05) is 25.6 Å². The van der Waals surface area contributed by atoms with Crippen LogP contribution in [0.5, 0.6) is 0 Å². The number of aliphatic imine (C=N–C) groups is 1. The van der Waals surface area contributed by atoms with Gasteiger partial charge in [-0.05, 0) is 31.6 Å². The molecule has 3 rings (SSSR count). The second kappa shape index (κ2) is 4.42. The summed E-state index contributed by atoms with van der Waals surface area (Å²) >= 11 is 1.45. The number of hydrogen-bond donors (Lipinski definition) is 1. The number of amidine groups is 1. The van der Waals surface area contributed by atoms with Gasteiger partial charge in [-0.15, -0.1) is 0 Å². The third-order valence-electron chi connectivity index (χ3n) is 5.15. The largest absolute Gasteiger partial charge is 0.304 e. The molecule has 1 N–H and O–H groups in total. The van der Waals surface area contributed by atoms with Crippen LogP contribution >= 0.6 is 11.8 Å². The summed E-state index contributed by atoms with van der Waals surface area (Å²) in [6, 6.07) is -0.0445. The first-order chi connectivity index (χ1) is 9.22. The van der Waals surface area contributed by atoms with Gasteiger partial charge in [0.15, 0.2) is 5.17 Å². The molecule has 3 fully saturated rings. The number of nitrogens with zero attached hydrogens (tertiary/aromatic N) is 1. The van der Waals surface area contributed by atoms with Gasteiger partial charge in [0.25, 0.3) is 5.92 Å². The molecule has 112 valence electrons. The molecule has 1 unspecified atom stereocenters. The van der Waals surface area contributed by atoms with Crippen LogP contribution in [0, 0.1) is 17.8 Å². The maximum Gasteiger partial charge on any atom is 0.251 e. The monoisotopic (exact) mass is 302 g/mol. The highest BCUT2D eigenvalue weighted by molar-refractivity contribution is 8.16. The molecule has 4 atom stereocenters. The molecular formula is C14H20F2N2OS. The highest BCUT2D eigenvalue weighted by Crippen LogP contribution is 2.55. The van der Waals surface area contributed by atoms with Crippen LogP contribution in [0.3, 0.4) is 0 Å². The zero-order chi connectivity index (χ0) is 14.7. The number of fused-ring (bicyclic) bond motifs is 2. The SMILES string of the molecule is CC(C)C1(C)SC(=N[C@@H]2C[C@@H]3C[C@H]2CC3(F)F)NC1=O. The van der Waals surface area contributed by atoms with Gasteiger partial charge in [-0.2, -0.15) is 0 Å². The molecule has 2 bridgehead atoms. The van der Waals surface area contributed by atoms with E-state index >= 15 is 0 Å². The number of thioether (sulfide) groups is 1. The number of alkyl halides is 2. The van der Waals surface area contributed by atoms with Crippen molar-refractivity contribution in [3.8, 4) is 0 Å². The van der Waals surface area contributed by atoms with Crippen LogP contribution in [-0.4, -0.2) is 27.8 Å². The molecule has 1 heterocycles. The highest BCUT2D eigenvalue weighted by atomic mass is 32.2. The lowest BCUT2D eigenvalue weighted by atomic mass is 9.93. The lowest BCUT2D eigenvalue weighted by molar-refractivity contribution is -0.122. The molecule has 2 saturated carbocycles. The van der Waals surface area contributed by atoms with E-state index in [2.05, 4.69) is 10.3 Å². The van der Waals surface area contributed by atoms with Gasteiger partial charge in [0.2, 0.25) is 5.91 Å². The van der Waals surface area contributed by atoms with Crippen molar-refractivity contribution in [2.24, 2.45) is 22.7 Å². The number of halogens is 2. The predicted molar refractivity (Wildman–Crippen MR) is 76.0 cm³/mol. The fraction of sp³-hybridized carbons (Fsp3) is 0.857. The Bertz CT molecular complexity index is 480. The number of amides is 1. The van der Waals surface area contributed by atoms with Crippen molar-refractivity contribution in [2.45, 2.75) is 56.7 Å². The molecule has 3 aliphatic rings. The van der Waals surface area contributed by atoms with Crippen molar-refractivity contribution >= 4 is 22.8 Å². The molecule has 0 spiro atoms.